The van der Waals surface area contributed by atoms with Crippen LogP contribution in [0, 0.1) is 6.92 Å². The van der Waals surface area contributed by atoms with E-state index in [1.165, 1.54) is 0 Å². The van der Waals surface area contributed by atoms with Gasteiger partial charge in [0.05, 0.1) is 17.5 Å². The molecule has 1 aliphatic heterocycles. The van der Waals surface area contributed by atoms with Crippen molar-refractivity contribution in [2.45, 2.75) is 51.3 Å². The quantitative estimate of drug-likeness (QED) is 0.909. The summed E-state index contributed by atoms with van der Waals surface area (Å²) in [6, 6.07) is 0.220. The maximum atomic E-state index is 9.96. The Hall–Kier alpha value is -1.17. The second-order valence-corrected chi connectivity index (χ2v) is 6.16. The fourth-order valence-electron chi connectivity index (χ4n) is 2.98. The molecule has 0 unspecified atom stereocenters. The molecule has 6 heteroatoms. The number of hydrogen-bond acceptors (Lipinski definition) is 4. The van der Waals surface area contributed by atoms with Crippen molar-refractivity contribution in [2.75, 3.05) is 6.54 Å². The number of aliphatic hydroxyl groups is 1. The van der Waals surface area contributed by atoms with Crippen LogP contribution in [0.15, 0.2) is 12.5 Å². The smallest absolute Gasteiger partial charge is 0.160 e. The highest BCUT2D eigenvalue weighted by molar-refractivity contribution is 6.31. The van der Waals surface area contributed by atoms with Gasteiger partial charge in [-0.2, -0.15) is 0 Å². The van der Waals surface area contributed by atoms with Crippen LogP contribution >= 0.6 is 11.6 Å². The molecule has 2 aromatic rings. The van der Waals surface area contributed by atoms with Gasteiger partial charge in [-0.1, -0.05) is 11.6 Å². The molecule has 1 saturated heterocycles. The number of nitrogens with one attached hydrogen (secondary N) is 1. The van der Waals surface area contributed by atoms with Crippen molar-refractivity contribution in [3.05, 3.63) is 23.1 Å². The average molecular weight is 309 g/mol. The summed E-state index contributed by atoms with van der Waals surface area (Å²) in [7, 11) is 0. The average Bonchev–Trinajstić information content (AvgIpc) is 2.89. The molecule has 0 radical (unpaired) electrons. The summed E-state index contributed by atoms with van der Waals surface area (Å²) in [5.41, 5.74) is 2.73. The minimum Gasteiger partial charge on any atom is -0.392 e. The molecule has 0 bridgehead atoms. The molecule has 0 saturated carbocycles. The van der Waals surface area contributed by atoms with E-state index in [9.17, 15) is 5.11 Å². The van der Waals surface area contributed by atoms with Crippen LogP contribution in [0.4, 0.5) is 0 Å². The lowest BCUT2D eigenvalue weighted by atomic mass is 9.97. The molecule has 2 aromatic heterocycles. The van der Waals surface area contributed by atoms with Gasteiger partial charge >= 0.3 is 0 Å². The predicted molar refractivity (Wildman–Crippen MR) is 83.5 cm³/mol. The summed E-state index contributed by atoms with van der Waals surface area (Å²) in [5, 5.41) is 14.0. The van der Waals surface area contributed by atoms with Gasteiger partial charge in [0.15, 0.2) is 5.65 Å². The van der Waals surface area contributed by atoms with Crippen LogP contribution in [0.3, 0.4) is 0 Å². The Morgan fingerprint density at radius 1 is 1.48 bits per heavy atom. The lowest BCUT2D eigenvalue weighted by Gasteiger charge is -2.28. The highest BCUT2D eigenvalue weighted by atomic mass is 35.5. The van der Waals surface area contributed by atoms with Gasteiger partial charge in [-0.05, 0) is 44.7 Å². The maximum Gasteiger partial charge on any atom is 0.160 e. The monoisotopic (exact) mass is 308 g/mol. The van der Waals surface area contributed by atoms with E-state index < -0.39 is 0 Å². The number of aliphatic hydroxyl groups excluding tert-OH is 1. The Kier molecular flexibility index (Phi) is 4.42. The largest absolute Gasteiger partial charge is 0.392 e. The Labute approximate surface area is 129 Å². The lowest BCUT2D eigenvalue weighted by Crippen LogP contribution is -2.44. The number of aryl methyl sites for hydroxylation is 2. The van der Waals surface area contributed by atoms with Crippen molar-refractivity contribution in [1.29, 1.82) is 0 Å². The lowest BCUT2D eigenvalue weighted by molar-refractivity contribution is 0.0909. The standard InChI is InChI=1S/C15H21ClN4O/c1-10-11(16)8-18-15-14(10)19-9-20(15)7-3-4-12-13(21)5-2-6-17-12/h8-9,12-13,17,21H,2-7H2,1H3/t12-,13+/m1/s1. The Morgan fingerprint density at radius 2 is 2.33 bits per heavy atom. The van der Waals surface area contributed by atoms with Gasteiger partial charge in [0, 0.05) is 18.8 Å². The Bertz CT molecular complexity index is 627. The van der Waals surface area contributed by atoms with Crippen molar-refractivity contribution >= 4 is 22.8 Å². The van der Waals surface area contributed by atoms with E-state index in [1.807, 2.05) is 13.3 Å². The molecule has 2 atom stereocenters. The molecule has 5 nitrogen and oxygen atoms in total. The molecule has 3 rings (SSSR count). The van der Waals surface area contributed by atoms with Gasteiger partial charge in [0.2, 0.25) is 0 Å². The van der Waals surface area contributed by atoms with Crippen LogP contribution in [-0.4, -0.2) is 38.3 Å². The maximum absolute atomic E-state index is 9.96. The summed E-state index contributed by atoms with van der Waals surface area (Å²) in [6.45, 7) is 3.83. The second kappa shape index (κ2) is 6.30. The summed E-state index contributed by atoms with van der Waals surface area (Å²) in [4.78, 5) is 8.80. The number of fused-ring (bicyclic) bond motifs is 1. The van der Waals surface area contributed by atoms with Crippen LogP contribution in [0.1, 0.15) is 31.2 Å². The molecular weight excluding hydrogens is 288 g/mol. The first-order valence-corrected chi connectivity index (χ1v) is 7.92. The number of imidazole rings is 1. The highest BCUT2D eigenvalue weighted by Crippen LogP contribution is 2.22. The third kappa shape index (κ3) is 3.05. The molecule has 0 spiro atoms. The van der Waals surface area contributed by atoms with E-state index in [0.29, 0.717) is 5.02 Å². The number of halogens is 1. The zero-order chi connectivity index (χ0) is 14.8. The van der Waals surface area contributed by atoms with E-state index in [0.717, 1.165) is 55.5 Å². The van der Waals surface area contributed by atoms with E-state index >= 15 is 0 Å². The zero-order valence-electron chi connectivity index (χ0n) is 12.2. The molecular formula is C15H21ClN4O. The molecule has 1 aliphatic rings. The number of rotatable bonds is 4. The molecule has 21 heavy (non-hydrogen) atoms. The summed E-state index contributed by atoms with van der Waals surface area (Å²) in [6.07, 6.45) is 7.23. The fraction of sp³-hybridized carbons (Fsp3) is 0.600. The summed E-state index contributed by atoms with van der Waals surface area (Å²) in [5.74, 6) is 0. The molecule has 2 N–H and O–H groups in total. The molecule has 0 aliphatic carbocycles. The van der Waals surface area contributed by atoms with Gasteiger partial charge in [0.1, 0.15) is 5.52 Å². The number of aromatic nitrogens is 3. The van der Waals surface area contributed by atoms with E-state index in [2.05, 4.69) is 19.9 Å². The summed E-state index contributed by atoms with van der Waals surface area (Å²) >= 11 is 6.07. The zero-order valence-corrected chi connectivity index (χ0v) is 13.0. The normalized spacial score (nSPS) is 22.8. The Balaban J connectivity index is 1.64. The van der Waals surface area contributed by atoms with E-state index in [-0.39, 0.29) is 12.1 Å². The second-order valence-electron chi connectivity index (χ2n) is 5.75. The van der Waals surface area contributed by atoms with Crippen molar-refractivity contribution < 1.29 is 5.11 Å². The highest BCUT2D eigenvalue weighted by Gasteiger charge is 2.21. The van der Waals surface area contributed by atoms with Crippen molar-refractivity contribution in [3.63, 3.8) is 0 Å². The SMILES string of the molecule is Cc1c(Cl)cnc2c1ncn2CCC[C@H]1NCCC[C@@H]1O. The van der Waals surface area contributed by atoms with Crippen molar-refractivity contribution in [3.8, 4) is 0 Å². The number of hydrogen-bond donors (Lipinski definition) is 2. The summed E-state index contributed by atoms with van der Waals surface area (Å²) < 4.78 is 2.06. The van der Waals surface area contributed by atoms with Gasteiger partial charge < -0.3 is 15.0 Å². The number of nitrogens with zero attached hydrogens (tertiary/aromatic N) is 3. The number of pyridine rings is 1. The molecule has 0 aromatic carbocycles. The third-order valence-corrected chi connectivity index (χ3v) is 4.67. The first-order valence-electron chi connectivity index (χ1n) is 7.54. The van der Waals surface area contributed by atoms with E-state index in [4.69, 9.17) is 11.6 Å². The van der Waals surface area contributed by atoms with Crippen LogP contribution in [0.25, 0.3) is 11.2 Å². The van der Waals surface area contributed by atoms with E-state index in [1.54, 1.807) is 6.20 Å². The van der Waals surface area contributed by atoms with Gasteiger partial charge in [-0.25, -0.2) is 9.97 Å². The van der Waals surface area contributed by atoms with Crippen LogP contribution < -0.4 is 5.32 Å². The van der Waals surface area contributed by atoms with Crippen LogP contribution in [0.2, 0.25) is 5.02 Å². The van der Waals surface area contributed by atoms with Gasteiger partial charge in [-0.15, -0.1) is 0 Å². The topological polar surface area (TPSA) is 63.0 Å². The minimum absolute atomic E-state index is 0.211. The first kappa shape index (κ1) is 14.8. The Morgan fingerprint density at radius 3 is 3.14 bits per heavy atom. The minimum atomic E-state index is -0.211. The molecule has 1 fully saturated rings. The fourth-order valence-corrected chi connectivity index (χ4v) is 3.12. The predicted octanol–water partition coefficient (Wildman–Crippen LogP) is 2.29. The van der Waals surface area contributed by atoms with Gasteiger partial charge in [-0.3, -0.25) is 0 Å². The third-order valence-electron chi connectivity index (χ3n) is 4.29. The molecule has 114 valence electrons. The van der Waals surface area contributed by atoms with Crippen molar-refractivity contribution in [1.82, 2.24) is 19.9 Å². The molecule has 0 amide bonds. The van der Waals surface area contributed by atoms with Crippen LogP contribution in [0.5, 0.6) is 0 Å². The first-order chi connectivity index (χ1) is 10.2. The van der Waals surface area contributed by atoms with Crippen LogP contribution in [-0.2, 0) is 6.54 Å². The molecule has 3 heterocycles. The number of piperidine rings is 1. The van der Waals surface area contributed by atoms with Crippen molar-refractivity contribution in [2.24, 2.45) is 0 Å². The van der Waals surface area contributed by atoms with Gasteiger partial charge in [0.25, 0.3) is 0 Å².